The lowest BCUT2D eigenvalue weighted by atomic mass is 9.88. The second kappa shape index (κ2) is 15.0. The minimum absolute atomic E-state index is 0.126. The van der Waals surface area contributed by atoms with Crippen molar-refractivity contribution in [2.24, 2.45) is 0 Å². The number of para-hydroxylation sites is 2. The summed E-state index contributed by atoms with van der Waals surface area (Å²) in [5, 5.41) is 9.98. The maximum Gasteiger partial charge on any atom is 0.0619 e. The highest BCUT2D eigenvalue weighted by atomic mass is 15.2. The SMILES string of the molecule is C1=C(N(c2ccc(-c3ccc4ccccc4c3)cc2)c2ccccc2-c2cccc3ccccc23)CC(c2ccccc2)C=C1n1c2ccccc2c2ccc3ccccc3c21. The average Bonchev–Trinajstić information content (AvgIpc) is 3.69. The molecule has 1 aliphatic carbocycles. The molecule has 2 heteroatoms. The fourth-order valence-electron chi connectivity index (χ4n) is 9.96. The number of fused-ring (bicyclic) bond motifs is 7. The van der Waals surface area contributed by atoms with Crippen molar-refractivity contribution in [3.8, 4) is 22.3 Å². The number of allylic oxidation sites excluding steroid dienone is 4. The van der Waals surface area contributed by atoms with E-state index in [1.54, 1.807) is 0 Å². The summed E-state index contributed by atoms with van der Waals surface area (Å²) in [6.45, 7) is 0. The molecule has 1 unspecified atom stereocenters. The third-order valence-corrected chi connectivity index (χ3v) is 12.9. The lowest BCUT2D eigenvalue weighted by molar-refractivity contribution is 0.791. The van der Waals surface area contributed by atoms with Crippen molar-refractivity contribution >= 4 is 71.2 Å². The van der Waals surface area contributed by atoms with Crippen LogP contribution in [0.4, 0.5) is 11.4 Å². The molecule has 292 valence electrons. The minimum Gasteiger partial charge on any atom is -0.313 e. The third-order valence-electron chi connectivity index (χ3n) is 12.9. The van der Waals surface area contributed by atoms with E-state index in [1.807, 2.05) is 0 Å². The zero-order valence-electron chi connectivity index (χ0n) is 34.2. The van der Waals surface area contributed by atoms with Gasteiger partial charge >= 0.3 is 0 Å². The Morgan fingerprint density at radius 1 is 0.419 bits per heavy atom. The fraction of sp³-hybridized carbons (Fsp3) is 0.0333. The Balaban J connectivity index is 1.11. The first-order valence-electron chi connectivity index (χ1n) is 21.6. The highest BCUT2D eigenvalue weighted by molar-refractivity contribution is 6.19. The monoisotopic (exact) mass is 790 g/mol. The number of nitrogens with zero attached hydrogens (tertiary/aromatic N) is 2. The molecule has 0 spiro atoms. The molecule has 12 rings (SSSR count). The van der Waals surface area contributed by atoms with Crippen LogP contribution in [0.3, 0.4) is 0 Å². The zero-order chi connectivity index (χ0) is 41.0. The summed E-state index contributed by atoms with van der Waals surface area (Å²) in [4.78, 5) is 2.54. The van der Waals surface area contributed by atoms with E-state index in [4.69, 9.17) is 0 Å². The molecule has 2 nitrogen and oxygen atoms in total. The van der Waals surface area contributed by atoms with Crippen molar-refractivity contribution < 1.29 is 0 Å². The molecular weight excluding hydrogens is 749 g/mol. The second-order valence-corrected chi connectivity index (χ2v) is 16.5. The Morgan fingerprint density at radius 3 is 1.87 bits per heavy atom. The lowest BCUT2D eigenvalue weighted by Gasteiger charge is -2.34. The number of hydrogen-bond donors (Lipinski definition) is 0. The smallest absolute Gasteiger partial charge is 0.0619 e. The predicted molar refractivity (Wildman–Crippen MR) is 264 cm³/mol. The molecule has 62 heavy (non-hydrogen) atoms. The topological polar surface area (TPSA) is 8.17 Å². The molecule has 11 aromatic rings. The lowest BCUT2D eigenvalue weighted by Crippen LogP contribution is -2.22. The van der Waals surface area contributed by atoms with Crippen LogP contribution in [0.1, 0.15) is 17.9 Å². The third kappa shape index (κ3) is 6.11. The van der Waals surface area contributed by atoms with Crippen LogP contribution < -0.4 is 4.90 Å². The maximum atomic E-state index is 2.54. The van der Waals surface area contributed by atoms with E-state index in [2.05, 4.69) is 246 Å². The molecule has 0 saturated heterocycles. The molecule has 0 amide bonds. The molecular formula is C60H42N2. The minimum atomic E-state index is 0.126. The van der Waals surface area contributed by atoms with Crippen molar-refractivity contribution in [2.45, 2.75) is 12.3 Å². The van der Waals surface area contributed by atoms with Crippen molar-refractivity contribution in [2.75, 3.05) is 4.90 Å². The summed E-state index contributed by atoms with van der Waals surface area (Å²) in [6, 6.07) is 82.3. The number of hydrogen-bond acceptors (Lipinski definition) is 1. The Labute approximate surface area is 361 Å². The van der Waals surface area contributed by atoms with Crippen LogP contribution in [-0.4, -0.2) is 4.57 Å². The summed E-state index contributed by atoms with van der Waals surface area (Å²) in [7, 11) is 0. The summed E-state index contributed by atoms with van der Waals surface area (Å²) in [5.41, 5.74) is 13.2. The molecule has 1 aromatic heterocycles. The highest BCUT2D eigenvalue weighted by Gasteiger charge is 2.28. The molecule has 10 aromatic carbocycles. The van der Waals surface area contributed by atoms with Gasteiger partial charge in [-0.15, -0.1) is 0 Å². The molecule has 0 radical (unpaired) electrons. The normalized spacial score (nSPS) is 14.1. The molecule has 0 saturated carbocycles. The van der Waals surface area contributed by atoms with Crippen LogP contribution in [0.15, 0.2) is 242 Å². The molecule has 0 fully saturated rings. The fourth-order valence-corrected chi connectivity index (χ4v) is 9.96. The quantitative estimate of drug-likeness (QED) is 0.156. The number of rotatable bonds is 7. The van der Waals surface area contributed by atoms with Gasteiger partial charge in [0.25, 0.3) is 0 Å². The van der Waals surface area contributed by atoms with Crippen LogP contribution in [-0.2, 0) is 0 Å². The van der Waals surface area contributed by atoms with Crippen LogP contribution in [0.25, 0.3) is 82.1 Å². The van der Waals surface area contributed by atoms with E-state index in [-0.39, 0.29) is 5.92 Å². The van der Waals surface area contributed by atoms with E-state index in [1.165, 1.54) is 93.3 Å². The van der Waals surface area contributed by atoms with E-state index in [9.17, 15) is 0 Å². The number of benzene rings is 10. The van der Waals surface area contributed by atoms with Gasteiger partial charge in [0, 0.05) is 44.7 Å². The van der Waals surface area contributed by atoms with E-state index < -0.39 is 0 Å². The first-order chi connectivity index (χ1) is 30.7. The van der Waals surface area contributed by atoms with Gasteiger partial charge in [-0.05, 0) is 92.0 Å². The van der Waals surface area contributed by atoms with Gasteiger partial charge in [0.05, 0.1) is 16.7 Å². The summed E-state index contributed by atoms with van der Waals surface area (Å²) >= 11 is 0. The Kier molecular flexibility index (Phi) is 8.67. The van der Waals surface area contributed by atoms with Gasteiger partial charge in [0.2, 0.25) is 0 Å². The van der Waals surface area contributed by atoms with Gasteiger partial charge in [-0.25, -0.2) is 0 Å². The predicted octanol–water partition coefficient (Wildman–Crippen LogP) is 16.3. The van der Waals surface area contributed by atoms with Crippen molar-refractivity contribution in [3.63, 3.8) is 0 Å². The summed E-state index contributed by atoms with van der Waals surface area (Å²) < 4.78 is 2.53. The Morgan fingerprint density at radius 2 is 1.03 bits per heavy atom. The molecule has 0 aliphatic heterocycles. The zero-order valence-corrected chi connectivity index (χ0v) is 34.2. The Bertz CT molecular complexity index is 3550. The molecule has 1 aliphatic rings. The van der Waals surface area contributed by atoms with Crippen LogP contribution >= 0.6 is 0 Å². The standard InChI is InChI=1S/C60H42N2/c1-2-15-41(16-3-1)48-38-50(40-51(39-48)62-59-28-13-11-25-56(59)57-36-33-45-19-7-9-23-53(45)60(57)62)61(49-34-31-43(32-35-49)47-30-29-42-17-4-5-20-46(42)37-47)58-27-12-10-24-55(58)54-26-14-21-44-18-6-8-22-52(44)54/h1-37,39-40,48H,38H2. The molecule has 1 heterocycles. The second-order valence-electron chi connectivity index (χ2n) is 16.5. The maximum absolute atomic E-state index is 2.54. The first-order valence-corrected chi connectivity index (χ1v) is 21.6. The van der Waals surface area contributed by atoms with Gasteiger partial charge in [0.15, 0.2) is 0 Å². The summed E-state index contributed by atoms with van der Waals surface area (Å²) in [6.07, 6.45) is 5.79. The van der Waals surface area contributed by atoms with Gasteiger partial charge in [0.1, 0.15) is 0 Å². The first kappa shape index (κ1) is 36.0. The average molecular weight is 791 g/mol. The van der Waals surface area contributed by atoms with Crippen LogP contribution in [0.5, 0.6) is 0 Å². The molecule has 0 N–H and O–H groups in total. The van der Waals surface area contributed by atoms with E-state index in [0.717, 1.165) is 17.8 Å². The van der Waals surface area contributed by atoms with Gasteiger partial charge in [-0.2, -0.15) is 0 Å². The van der Waals surface area contributed by atoms with Crippen molar-refractivity contribution in [3.05, 3.63) is 248 Å². The van der Waals surface area contributed by atoms with Crippen molar-refractivity contribution in [1.82, 2.24) is 4.57 Å². The highest BCUT2D eigenvalue weighted by Crippen LogP contribution is 2.46. The van der Waals surface area contributed by atoms with E-state index in [0.29, 0.717) is 0 Å². The molecule has 0 bridgehead atoms. The summed E-state index contributed by atoms with van der Waals surface area (Å²) in [5.74, 6) is 0.126. The van der Waals surface area contributed by atoms with E-state index >= 15 is 0 Å². The number of anilines is 2. The molecule has 1 atom stereocenters. The van der Waals surface area contributed by atoms with Crippen LogP contribution in [0, 0.1) is 0 Å². The largest absolute Gasteiger partial charge is 0.313 e. The van der Waals surface area contributed by atoms with Gasteiger partial charge < -0.3 is 9.47 Å². The van der Waals surface area contributed by atoms with Gasteiger partial charge in [-0.1, -0.05) is 200 Å². The Hall–Kier alpha value is -7.94. The number of aromatic nitrogens is 1. The van der Waals surface area contributed by atoms with Gasteiger partial charge in [-0.3, -0.25) is 0 Å². The van der Waals surface area contributed by atoms with Crippen molar-refractivity contribution in [1.29, 1.82) is 0 Å². The van der Waals surface area contributed by atoms with Crippen LogP contribution in [0.2, 0.25) is 0 Å².